The van der Waals surface area contributed by atoms with E-state index >= 15 is 0 Å². The van der Waals surface area contributed by atoms with E-state index in [0.717, 1.165) is 10.9 Å². The molecule has 0 spiro atoms. The highest BCUT2D eigenvalue weighted by Crippen LogP contribution is 2.28. The monoisotopic (exact) mass is 257 g/mol. The van der Waals surface area contributed by atoms with Crippen LogP contribution < -0.4 is 4.90 Å². The van der Waals surface area contributed by atoms with Gasteiger partial charge in [0.05, 0.1) is 11.4 Å². The topological polar surface area (TPSA) is 66.3 Å². The first-order valence-corrected chi connectivity index (χ1v) is 6.38. The predicted molar refractivity (Wildman–Crippen MR) is 72.1 cm³/mol. The van der Waals surface area contributed by atoms with E-state index in [9.17, 15) is 4.79 Å². The van der Waals surface area contributed by atoms with E-state index < -0.39 is 5.97 Å². The number of nitrogens with zero attached hydrogens (tertiary/aromatic N) is 3. The lowest BCUT2D eigenvalue weighted by Gasteiger charge is -2.23. The van der Waals surface area contributed by atoms with Gasteiger partial charge in [-0.05, 0) is 19.4 Å². The quantitative estimate of drug-likeness (QED) is 0.890. The first-order valence-electron chi connectivity index (χ1n) is 6.38. The van der Waals surface area contributed by atoms with Crippen LogP contribution in [0.2, 0.25) is 0 Å². The maximum absolute atomic E-state index is 11.1. The lowest BCUT2D eigenvalue weighted by Crippen LogP contribution is -2.34. The molecule has 19 heavy (non-hydrogen) atoms. The van der Waals surface area contributed by atoms with Crippen LogP contribution in [0.25, 0.3) is 10.9 Å². The highest BCUT2D eigenvalue weighted by atomic mass is 16.4. The van der Waals surface area contributed by atoms with Crippen LogP contribution in [0.4, 0.5) is 5.95 Å². The minimum atomic E-state index is -0.740. The highest BCUT2D eigenvalue weighted by molar-refractivity contribution is 5.79. The molecule has 0 aliphatic carbocycles. The molecule has 0 saturated carbocycles. The molecule has 1 aromatic heterocycles. The van der Waals surface area contributed by atoms with E-state index in [4.69, 9.17) is 5.11 Å². The zero-order valence-corrected chi connectivity index (χ0v) is 10.7. The maximum Gasteiger partial charge on any atom is 0.308 e. The summed E-state index contributed by atoms with van der Waals surface area (Å²) in [6, 6.07) is 7.72. The van der Waals surface area contributed by atoms with Gasteiger partial charge in [-0.25, -0.2) is 9.97 Å². The molecule has 1 N–H and O–H groups in total. The van der Waals surface area contributed by atoms with Crippen LogP contribution in [0.5, 0.6) is 0 Å². The van der Waals surface area contributed by atoms with Gasteiger partial charge in [0.2, 0.25) is 5.95 Å². The summed E-state index contributed by atoms with van der Waals surface area (Å²) in [6.07, 6.45) is 2.44. The number of para-hydroxylation sites is 1. The predicted octanol–water partition coefficient (Wildman–Crippen LogP) is 1.93. The Balaban J connectivity index is 1.94. The number of fused-ring (bicyclic) bond motifs is 1. The van der Waals surface area contributed by atoms with Crippen LogP contribution in [0.3, 0.4) is 0 Å². The van der Waals surface area contributed by atoms with Crippen molar-refractivity contribution < 1.29 is 9.90 Å². The Kier molecular flexibility index (Phi) is 2.81. The average Bonchev–Trinajstić information content (AvgIpc) is 2.80. The molecule has 2 aromatic rings. The van der Waals surface area contributed by atoms with Crippen molar-refractivity contribution in [3.05, 3.63) is 30.5 Å². The number of carboxylic acid groups (broad SMARTS) is 1. The summed E-state index contributed by atoms with van der Waals surface area (Å²) in [7, 11) is 0. The fourth-order valence-electron chi connectivity index (χ4n) is 2.65. The SMILES string of the molecule is CC1C(C(=O)O)CCN1c1ncc2ccccc2n1. The van der Waals surface area contributed by atoms with Crippen molar-refractivity contribution in [2.24, 2.45) is 5.92 Å². The fraction of sp³-hybridized carbons (Fsp3) is 0.357. The van der Waals surface area contributed by atoms with E-state index in [1.165, 1.54) is 0 Å². The molecular weight excluding hydrogens is 242 g/mol. The Hall–Kier alpha value is -2.17. The summed E-state index contributed by atoms with van der Waals surface area (Å²) in [5, 5.41) is 10.1. The Morgan fingerprint density at radius 2 is 2.21 bits per heavy atom. The Morgan fingerprint density at radius 3 is 2.95 bits per heavy atom. The normalized spacial score (nSPS) is 22.9. The molecule has 5 nitrogen and oxygen atoms in total. The largest absolute Gasteiger partial charge is 0.481 e. The van der Waals surface area contributed by atoms with Crippen molar-refractivity contribution in [3.8, 4) is 0 Å². The van der Waals surface area contributed by atoms with E-state index in [1.807, 2.05) is 36.1 Å². The minimum Gasteiger partial charge on any atom is -0.481 e. The second-order valence-electron chi connectivity index (χ2n) is 4.90. The zero-order chi connectivity index (χ0) is 13.4. The number of aliphatic carboxylic acids is 1. The van der Waals surface area contributed by atoms with Gasteiger partial charge in [0, 0.05) is 24.2 Å². The second-order valence-corrected chi connectivity index (χ2v) is 4.90. The number of rotatable bonds is 2. The molecule has 2 heterocycles. The first kappa shape index (κ1) is 11.9. The number of aromatic nitrogens is 2. The Labute approximate surface area is 110 Å². The third-order valence-corrected chi connectivity index (χ3v) is 3.81. The van der Waals surface area contributed by atoms with Gasteiger partial charge in [-0.3, -0.25) is 4.79 Å². The van der Waals surface area contributed by atoms with Gasteiger partial charge in [-0.2, -0.15) is 0 Å². The standard InChI is InChI=1S/C14H15N3O2/c1-9-11(13(18)19)6-7-17(9)14-15-8-10-4-2-3-5-12(10)16-14/h2-5,8-9,11H,6-7H2,1H3,(H,18,19). The molecule has 0 bridgehead atoms. The second kappa shape index (κ2) is 4.50. The Morgan fingerprint density at radius 1 is 1.42 bits per heavy atom. The number of benzene rings is 1. The summed E-state index contributed by atoms with van der Waals surface area (Å²) in [6.45, 7) is 2.61. The van der Waals surface area contributed by atoms with Crippen LogP contribution in [0.1, 0.15) is 13.3 Å². The molecular formula is C14H15N3O2. The van der Waals surface area contributed by atoms with Crippen molar-refractivity contribution in [1.82, 2.24) is 9.97 Å². The van der Waals surface area contributed by atoms with Gasteiger partial charge in [0.25, 0.3) is 0 Å². The number of hydrogen-bond donors (Lipinski definition) is 1. The van der Waals surface area contributed by atoms with Crippen molar-refractivity contribution in [1.29, 1.82) is 0 Å². The summed E-state index contributed by atoms with van der Waals surface area (Å²) in [4.78, 5) is 22.0. The molecule has 1 aliphatic heterocycles. The number of carbonyl (C=O) groups is 1. The van der Waals surface area contributed by atoms with E-state index in [-0.39, 0.29) is 12.0 Å². The molecule has 1 aliphatic rings. The molecule has 1 saturated heterocycles. The lowest BCUT2D eigenvalue weighted by atomic mass is 10.0. The molecule has 3 rings (SSSR count). The van der Waals surface area contributed by atoms with Crippen LogP contribution >= 0.6 is 0 Å². The smallest absolute Gasteiger partial charge is 0.308 e. The van der Waals surface area contributed by atoms with E-state index in [0.29, 0.717) is 18.9 Å². The molecule has 1 fully saturated rings. The van der Waals surface area contributed by atoms with Gasteiger partial charge >= 0.3 is 5.97 Å². The van der Waals surface area contributed by atoms with Gasteiger partial charge < -0.3 is 10.0 Å². The molecule has 1 aromatic carbocycles. The molecule has 2 unspecified atom stereocenters. The van der Waals surface area contributed by atoms with E-state index in [1.54, 1.807) is 6.20 Å². The molecule has 2 atom stereocenters. The van der Waals surface area contributed by atoms with Gasteiger partial charge in [0.15, 0.2) is 0 Å². The fourth-order valence-corrected chi connectivity index (χ4v) is 2.65. The Bertz CT molecular complexity index is 629. The third-order valence-electron chi connectivity index (χ3n) is 3.81. The van der Waals surface area contributed by atoms with Crippen LogP contribution in [0.15, 0.2) is 30.5 Å². The molecule has 0 amide bonds. The number of anilines is 1. The minimum absolute atomic E-state index is 0.0707. The van der Waals surface area contributed by atoms with Crippen molar-refractivity contribution in [2.45, 2.75) is 19.4 Å². The van der Waals surface area contributed by atoms with Gasteiger partial charge in [0.1, 0.15) is 0 Å². The maximum atomic E-state index is 11.1. The zero-order valence-electron chi connectivity index (χ0n) is 10.7. The van der Waals surface area contributed by atoms with Gasteiger partial charge in [-0.15, -0.1) is 0 Å². The number of carboxylic acids is 1. The van der Waals surface area contributed by atoms with Crippen LogP contribution in [-0.4, -0.2) is 33.6 Å². The summed E-state index contributed by atoms with van der Waals surface area (Å²) < 4.78 is 0. The van der Waals surface area contributed by atoms with Crippen molar-refractivity contribution >= 4 is 22.8 Å². The lowest BCUT2D eigenvalue weighted by molar-refractivity contribution is -0.141. The average molecular weight is 257 g/mol. The number of hydrogen-bond acceptors (Lipinski definition) is 4. The molecule has 0 radical (unpaired) electrons. The summed E-state index contributed by atoms with van der Waals surface area (Å²) in [5.74, 6) is -0.458. The summed E-state index contributed by atoms with van der Waals surface area (Å²) in [5.41, 5.74) is 0.887. The van der Waals surface area contributed by atoms with Gasteiger partial charge in [-0.1, -0.05) is 18.2 Å². The molecule has 5 heteroatoms. The van der Waals surface area contributed by atoms with Crippen LogP contribution in [-0.2, 0) is 4.79 Å². The first-order chi connectivity index (χ1) is 9.16. The third kappa shape index (κ3) is 2.01. The summed E-state index contributed by atoms with van der Waals surface area (Å²) >= 11 is 0. The van der Waals surface area contributed by atoms with E-state index in [2.05, 4.69) is 9.97 Å². The highest BCUT2D eigenvalue weighted by Gasteiger charge is 2.36. The molecule has 98 valence electrons. The van der Waals surface area contributed by atoms with Crippen molar-refractivity contribution in [2.75, 3.05) is 11.4 Å². The van der Waals surface area contributed by atoms with Crippen molar-refractivity contribution in [3.63, 3.8) is 0 Å². The van der Waals surface area contributed by atoms with Crippen LogP contribution in [0, 0.1) is 5.92 Å².